The number of rotatable bonds is 2. The van der Waals surface area contributed by atoms with Crippen molar-refractivity contribution in [3.63, 3.8) is 0 Å². The summed E-state index contributed by atoms with van der Waals surface area (Å²) in [6.45, 7) is 1.99. The number of benzene rings is 1. The zero-order valence-electron chi connectivity index (χ0n) is 11.1. The van der Waals surface area contributed by atoms with Gasteiger partial charge in [0.05, 0.1) is 15.4 Å². The lowest BCUT2D eigenvalue weighted by molar-refractivity contribution is 0.783. The van der Waals surface area contributed by atoms with Crippen LogP contribution in [0.2, 0.25) is 0 Å². The molecule has 0 radical (unpaired) electrons. The molecule has 20 heavy (non-hydrogen) atoms. The normalized spacial score (nSPS) is 10.9. The molecule has 0 spiro atoms. The Bertz CT molecular complexity index is 758. The number of anilines is 1. The minimum atomic E-state index is 0.661. The fraction of sp³-hybridized carbons (Fsp3) is 0.143. The SMILES string of the molecule is Cc1ncc(-c2nn(C)c(N)c2-c2ccc(Br)cc2)s1. The van der Waals surface area contributed by atoms with Gasteiger partial charge in [-0.25, -0.2) is 4.98 Å². The van der Waals surface area contributed by atoms with Gasteiger partial charge in [-0.3, -0.25) is 4.68 Å². The molecule has 3 rings (SSSR count). The third-order valence-electron chi connectivity index (χ3n) is 3.08. The van der Waals surface area contributed by atoms with Crippen molar-refractivity contribution in [3.05, 3.63) is 39.9 Å². The lowest BCUT2D eigenvalue weighted by Crippen LogP contribution is -1.97. The van der Waals surface area contributed by atoms with E-state index in [1.54, 1.807) is 16.0 Å². The molecule has 0 amide bonds. The lowest BCUT2D eigenvalue weighted by Gasteiger charge is -2.03. The van der Waals surface area contributed by atoms with E-state index in [2.05, 4.69) is 26.0 Å². The van der Waals surface area contributed by atoms with E-state index in [1.807, 2.05) is 44.4 Å². The average molecular weight is 349 g/mol. The van der Waals surface area contributed by atoms with Crippen LogP contribution < -0.4 is 5.73 Å². The van der Waals surface area contributed by atoms with Crippen LogP contribution in [0.25, 0.3) is 21.7 Å². The number of aromatic nitrogens is 3. The zero-order chi connectivity index (χ0) is 14.3. The Labute approximate surface area is 129 Å². The number of thiazole rings is 1. The molecule has 0 saturated heterocycles. The van der Waals surface area contributed by atoms with E-state index in [0.29, 0.717) is 5.82 Å². The molecule has 0 aliphatic heterocycles. The molecule has 0 unspecified atom stereocenters. The van der Waals surface area contributed by atoms with E-state index < -0.39 is 0 Å². The first-order chi connectivity index (χ1) is 9.56. The first kappa shape index (κ1) is 13.3. The number of nitrogen functional groups attached to an aromatic ring is 1. The smallest absolute Gasteiger partial charge is 0.129 e. The number of aryl methyl sites for hydroxylation is 2. The summed E-state index contributed by atoms with van der Waals surface area (Å²) in [7, 11) is 1.86. The van der Waals surface area contributed by atoms with E-state index in [9.17, 15) is 0 Å². The summed E-state index contributed by atoms with van der Waals surface area (Å²) in [4.78, 5) is 5.34. The van der Waals surface area contributed by atoms with Gasteiger partial charge in [-0.2, -0.15) is 5.10 Å². The highest BCUT2D eigenvalue weighted by molar-refractivity contribution is 9.10. The molecule has 4 nitrogen and oxygen atoms in total. The molecule has 2 aromatic heterocycles. The summed E-state index contributed by atoms with van der Waals surface area (Å²) >= 11 is 5.07. The highest BCUT2D eigenvalue weighted by atomic mass is 79.9. The van der Waals surface area contributed by atoms with Gasteiger partial charge >= 0.3 is 0 Å². The highest BCUT2D eigenvalue weighted by Crippen LogP contribution is 2.38. The van der Waals surface area contributed by atoms with Crippen LogP contribution in [0.5, 0.6) is 0 Å². The van der Waals surface area contributed by atoms with Gasteiger partial charge in [-0.15, -0.1) is 11.3 Å². The third kappa shape index (κ3) is 2.25. The van der Waals surface area contributed by atoms with E-state index in [0.717, 1.165) is 31.2 Å². The Morgan fingerprint density at radius 1 is 1.25 bits per heavy atom. The Hall–Kier alpha value is -1.66. The van der Waals surface area contributed by atoms with Gasteiger partial charge in [0.1, 0.15) is 11.5 Å². The van der Waals surface area contributed by atoms with Crippen molar-refractivity contribution in [2.24, 2.45) is 7.05 Å². The Kier molecular flexibility index (Phi) is 3.35. The summed E-state index contributed by atoms with van der Waals surface area (Å²) in [5.74, 6) is 0.661. The quantitative estimate of drug-likeness (QED) is 0.764. The van der Waals surface area contributed by atoms with Gasteiger partial charge in [0.15, 0.2) is 0 Å². The number of hydrogen-bond acceptors (Lipinski definition) is 4. The topological polar surface area (TPSA) is 56.7 Å². The largest absolute Gasteiger partial charge is 0.383 e. The maximum Gasteiger partial charge on any atom is 0.129 e. The molecule has 2 N–H and O–H groups in total. The highest BCUT2D eigenvalue weighted by Gasteiger charge is 2.18. The molecular weight excluding hydrogens is 336 g/mol. The maximum atomic E-state index is 6.19. The number of nitrogens with zero attached hydrogens (tertiary/aromatic N) is 3. The van der Waals surface area contributed by atoms with Crippen LogP contribution in [0.4, 0.5) is 5.82 Å². The van der Waals surface area contributed by atoms with Crippen molar-refractivity contribution in [1.29, 1.82) is 0 Å². The van der Waals surface area contributed by atoms with Crippen molar-refractivity contribution >= 4 is 33.1 Å². The van der Waals surface area contributed by atoms with Crippen LogP contribution in [0.1, 0.15) is 5.01 Å². The van der Waals surface area contributed by atoms with E-state index in [4.69, 9.17) is 5.73 Å². The van der Waals surface area contributed by atoms with Gasteiger partial charge in [0.2, 0.25) is 0 Å². The molecule has 0 aliphatic carbocycles. The molecule has 1 aromatic carbocycles. The average Bonchev–Trinajstić information content (AvgIpc) is 2.97. The first-order valence-corrected chi connectivity index (χ1v) is 7.68. The van der Waals surface area contributed by atoms with Crippen molar-refractivity contribution in [2.45, 2.75) is 6.92 Å². The molecule has 0 fully saturated rings. The minimum absolute atomic E-state index is 0.661. The van der Waals surface area contributed by atoms with Gasteiger partial charge in [-0.1, -0.05) is 28.1 Å². The van der Waals surface area contributed by atoms with Gasteiger partial charge in [0.25, 0.3) is 0 Å². The molecule has 6 heteroatoms. The van der Waals surface area contributed by atoms with Gasteiger partial charge in [-0.05, 0) is 24.6 Å². The fourth-order valence-corrected chi connectivity index (χ4v) is 3.11. The second kappa shape index (κ2) is 5.03. The predicted octanol–water partition coefficient (Wildman–Crippen LogP) is 3.86. The van der Waals surface area contributed by atoms with Crippen molar-refractivity contribution in [3.8, 4) is 21.7 Å². The summed E-state index contributed by atoms with van der Waals surface area (Å²) in [6.07, 6.45) is 1.85. The zero-order valence-corrected chi connectivity index (χ0v) is 13.5. The second-order valence-electron chi connectivity index (χ2n) is 4.48. The molecule has 0 saturated carbocycles. The van der Waals surface area contributed by atoms with Crippen LogP contribution >= 0.6 is 27.3 Å². The van der Waals surface area contributed by atoms with Gasteiger partial charge in [0, 0.05) is 17.7 Å². The van der Waals surface area contributed by atoms with Crippen LogP contribution in [0, 0.1) is 6.92 Å². The van der Waals surface area contributed by atoms with E-state index in [-0.39, 0.29) is 0 Å². The molecule has 3 aromatic rings. The number of halogens is 1. The van der Waals surface area contributed by atoms with Gasteiger partial charge < -0.3 is 5.73 Å². The first-order valence-electron chi connectivity index (χ1n) is 6.07. The van der Waals surface area contributed by atoms with Crippen molar-refractivity contribution < 1.29 is 0 Å². The number of hydrogen-bond donors (Lipinski definition) is 1. The molecule has 102 valence electrons. The molecule has 2 heterocycles. The minimum Gasteiger partial charge on any atom is -0.383 e. The van der Waals surface area contributed by atoms with Crippen LogP contribution in [0.15, 0.2) is 34.9 Å². The number of nitrogens with two attached hydrogens (primary N) is 1. The van der Waals surface area contributed by atoms with Crippen molar-refractivity contribution in [2.75, 3.05) is 5.73 Å². The van der Waals surface area contributed by atoms with Crippen molar-refractivity contribution in [1.82, 2.24) is 14.8 Å². The monoisotopic (exact) mass is 348 g/mol. The Morgan fingerprint density at radius 3 is 2.55 bits per heavy atom. The summed E-state index contributed by atoms with van der Waals surface area (Å²) in [6, 6.07) is 8.08. The third-order valence-corrected chi connectivity index (χ3v) is 4.53. The molecule has 0 aliphatic rings. The molecule has 0 bridgehead atoms. The van der Waals surface area contributed by atoms with Crippen LogP contribution in [-0.4, -0.2) is 14.8 Å². The van der Waals surface area contributed by atoms with Crippen LogP contribution in [0.3, 0.4) is 0 Å². The second-order valence-corrected chi connectivity index (χ2v) is 6.63. The Morgan fingerprint density at radius 2 is 1.95 bits per heavy atom. The standard InChI is InChI=1S/C14H13BrN4S/c1-8-17-7-11(20-8)13-12(14(16)19(2)18-13)9-3-5-10(15)6-4-9/h3-7H,16H2,1-2H3. The lowest BCUT2D eigenvalue weighted by atomic mass is 10.1. The van der Waals surface area contributed by atoms with Crippen LogP contribution in [-0.2, 0) is 7.05 Å². The summed E-state index contributed by atoms with van der Waals surface area (Å²) < 4.78 is 2.75. The van der Waals surface area contributed by atoms with E-state index >= 15 is 0 Å². The fourth-order valence-electron chi connectivity index (χ4n) is 2.08. The molecular formula is C14H13BrN4S. The predicted molar refractivity (Wildman–Crippen MR) is 86.6 cm³/mol. The summed E-state index contributed by atoms with van der Waals surface area (Å²) in [5.41, 5.74) is 9.09. The summed E-state index contributed by atoms with van der Waals surface area (Å²) in [5, 5.41) is 5.56. The molecule has 0 atom stereocenters. The Balaban J connectivity index is 2.21. The van der Waals surface area contributed by atoms with E-state index in [1.165, 1.54) is 0 Å². The maximum absolute atomic E-state index is 6.19.